The molecule has 2 N–H and O–H groups in total. The molecule has 0 aliphatic heterocycles. The molecule has 0 saturated carbocycles. The van der Waals surface area contributed by atoms with Gasteiger partial charge in [-0.25, -0.2) is 0 Å². The minimum Gasteiger partial charge on any atom is -0.508 e. The van der Waals surface area contributed by atoms with E-state index in [1.54, 1.807) is 30.3 Å². The summed E-state index contributed by atoms with van der Waals surface area (Å²) in [6.07, 6.45) is 0. The van der Waals surface area contributed by atoms with Gasteiger partial charge in [0.25, 0.3) is 0 Å². The van der Waals surface area contributed by atoms with Crippen LogP contribution in [-0.4, -0.2) is 10.1 Å². The number of hydrogen-bond acceptors (Lipinski definition) is 2. The van der Waals surface area contributed by atoms with Crippen molar-refractivity contribution < 1.29 is 5.11 Å². The van der Waals surface area contributed by atoms with Crippen LogP contribution in [0.15, 0.2) is 53.3 Å². The summed E-state index contributed by atoms with van der Waals surface area (Å²) in [5.74, 6) is 0.211. The van der Waals surface area contributed by atoms with Gasteiger partial charge in [0.2, 0.25) is 0 Å². The Kier molecular flexibility index (Phi) is 2.60. The van der Waals surface area contributed by atoms with Gasteiger partial charge in [0, 0.05) is 17.1 Å². The van der Waals surface area contributed by atoms with E-state index >= 15 is 0 Å². The van der Waals surface area contributed by atoms with Crippen LogP contribution in [0.1, 0.15) is 5.56 Å². The molecule has 3 nitrogen and oxygen atoms in total. The number of para-hydroxylation sites is 1. The lowest BCUT2D eigenvalue weighted by Gasteiger charge is -2.06. The van der Waals surface area contributed by atoms with E-state index < -0.39 is 0 Å². The lowest BCUT2D eigenvalue weighted by atomic mass is 10.1. The molecular weight excluding hydrogens is 238 g/mol. The van der Waals surface area contributed by atoms with E-state index in [1.807, 2.05) is 25.1 Å². The van der Waals surface area contributed by atoms with Gasteiger partial charge in [-0.15, -0.1) is 0 Å². The summed E-state index contributed by atoms with van der Waals surface area (Å²) in [4.78, 5) is 15.4. The average Bonchev–Trinajstić information content (AvgIpc) is 2.41. The van der Waals surface area contributed by atoms with Gasteiger partial charge in [0.05, 0.1) is 5.52 Å². The van der Waals surface area contributed by atoms with Crippen molar-refractivity contribution in [1.29, 1.82) is 0 Å². The van der Waals surface area contributed by atoms with E-state index in [0.29, 0.717) is 5.39 Å². The van der Waals surface area contributed by atoms with Gasteiger partial charge in [0.15, 0.2) is 5.43 Å². The Morgan fingerprint density at radius 3 is 2.53 bits per heavy atom. The van der Waals surface area contributed by atoms with Crippen LogP contribution in [0.3, 0.4) is 0 Å². The first-order valence-electron chi connectivity index (χ1n) is 6.07. The van der Waals surface area contributed by atoms with Crippen LogP contribution in [0.5, 0.6) is 5.75 Å². The van der Waals surface area contributed by atoms with Gasteiger partial charge >= 0.3 is 0 Å². The molecule has 0 spiro atoms. The number of phenolic OH excluding ortho intramolecular Hbond substituents is 1. The molecule has 0 aliphatic carbocycles. The van der Waals surface area contributed by atoms with Crippen LogP contribution < -0.4 is 5.43 Å². The number of aryl methyl sites for hydroxylation is 1. The molecule has 1 heterocycles. The zero-order valence-corrected chi connectivity index (χ0v) is 10.5. The standard InChI is InChI=1S/C16H13NO2/c1-10-3-2-4-13-15(19)9-14(17-16(10)13)11-5-7-12(18)8-6-11/h2-9,18H,1H3,(H,17,19). The molecule has 0 amide bonds. The second-order valence-electron chi connectivity index (χ2n) is 4.59. The Bertz CT molecular complexity index is 801. The second kappa shape index (κ2) is 4.28. The van der Waals surface area contributed by atoms with E-state index in [-0.39, 0.29) is 11.2 Å². The molecule has 0 radical (unpaired) electrons. The number of hydrogen-bond donors (Lipinski definition) is 2. The van der Waals surface area contributed by atoms with Gasteiger partial charge < -0.3 is 10.1 Å². The third kappa shape index (κ3) is 1.99. The quantitative estimate of drug-likeness (QED) is 0.697. The zero-order valence-electron chi connectivity index (χ0n) is 10.5. The smallest absolute Gasteiger partial charge is 0.190 e. The molecular formula is C16H13NO2. The van der Waals surface area contributed by atoms with Crippen molar-refractivity contribution in [3.05, 3.63) is 64.3 Å². The van der Waals surface area contributed by atoms with Crippen molar-refractivity contribution in [2.75, 3.05) is 0 Å². The number of rotatable bonds is 1. The highest BCUT2D eigenvalue weighted by Crippen LogP contribution is 2.22. The number of aromatic amines is 1. The third-order valence-electron chi connectivity index (χ3n) is 3.25. The first kappa shape index (κ1) is 11.5. The zero-order chi connectivity index (χ0) is 13.4. The van der Waals surface area contributed by atoms with Crippen LogP contribution in [0.2, 0.25) is 0 Å². The summed E-state index contributed by atoms with van der Waals surface area (Å²) in [6, 6.07) is 14.0. The summed E-state index contributed by atoms with van der Waals surface area (Å²) in [6.45, 7) is 1.97. The number of H-pyrrole nitrogens is 1. The highest BCUT2D eigenvalue weighted by molar-refractivity contribution is 5.84. The minimum atomic E-state index is 0.000486. The molecule has 0 aliphatic rings. The van der Waals surface area contributed by atoms with E-state index in [2.05, 4.69) is 4.98 Å². The number of phenols is 1. The topological polar surface area (TPSA) is 53.1 Å². The molecule has 0 unspecified atom stereocenters. The van der Waals surface area contributed by atoms with Crippen molar-refractivity contribution >= 4 is 10.9 Å². The van der Waals surface area contributed by atoms with Gasteiger partial charge in [-0.1, -0.05) is 12.1 Å². The van der Waals surface area contributed by atoms with Crippen molar-refractivity contribution in [1.82, 2.24) is 4.98 Å². The molecule has 94 valence electrons. The number of aromatic nitrogens is 1. The fraction of sp³-hybridized carbons (Fsp3) is 0.0625. The number of aromatic hydroxyl groups is 1. The normalized spacial score (nSPS) is 10.8. The molecule has 0 atom stereocenters. The van der Waals surface area contributed by atoms with Gasteiger partial charge in [-0.2, -0.15) is 0 Å². The maximum atomic E-state index is 12.1. The van der Waals surface area contributed by atoms with Crippen molar-refractivity contribution in [2.45, 2.75) is 6.92 Å². The lowest BCUT2D eigenvalue weighted by Crippen LogP contribution is -2.03. The Morgan fingerprint density at radius 2 is 1.79 bits per heavy atom. The fourth-order valence-corrected chi connectivity index (χ4v) is 2.22. The fourth-order valence-electron chi connectivity index (χ4n) is 2.22. The van der Waals surface area contributed by atoms with Gasteiger partial charge in [0.1, 0.15) is 5.75 Å². The Morgan fingerprint density at radius 1 is 1.05 bits per heavy atom. The Labute approximate surface area is 110 Å². The lowest BCUT2D eigenvalue weighted by molar-refractivity contribution is 0.475. The van der Waals surface area contributed by atoms with E-state index in [4.69, 9.17) is 0 Å². The van der Waals surface area contributed by atoms with Crippen molar-refractivity contribution in [2.24, 2.45) is 0 Å². The molecule has 1 aromatic heterocycles. The Hall–Kier alpha value is -2.55. The van der Waals surface area contributed by atoms with Gasteiger partial charge in [-0.05, 0) is 48.4 Å². The van der Waals surface area contributed by atoms with E-state index in [1.165, 1.54) is 0 Å². The number of benzene rings is 2. The number of pyridine rings is 1. The highest BCUT2D eigenvalue weighted by Gasteiger charge is 2.05. The van der Waals surface area contributed by atoms with E-state index in [0.717, 1.165) is 22.3 Å². The predicted molar refractivity (Wildman–Crippen MR) is 76.4 cm³/mol. The average molecular weight is 251 g/mol. The van der Waals surface area contributed by atoms with Crippen LogP contribution in [0.4, 0.5) is 0 Å². The third-order valence-corrected chi connectivity index (χ3v) is 3.25. The maximum Gasteiger partial charge on any atom is 0.190 e. The molecule has 19 heavy (non-hydrogen) atoms. The van der Waals surface area contributed by atoms with Crippen molar-refractivity contribution in [3.8, 4) is 17.0 Å². The first-order chi connectivity index (χ1) is 9.15. The first-order valence-corrected chi connectivity index (χ1v) is 6.07. The highest BCUT2D eigenvalue weighted by atomic mass is 16.3. The van der Waals surface area contributed by atoms with Crippen LogP contribution in [0, 0.1) is 6.92 Å². The molecule has 0 saturated heterocycles. The van der Waals surface area contributed by atoms with Gasteiger partial charge in [-0.3, -0.25) is 4.79 Å². The maximum absolute atomic E-state index is 12.1. The van der Waals surface area contributed by atoms with Crippen LogP contribution in [-0.2, 0) is 0 Å². The monoisotopic (exact) mass is 251 g/mol. The largest absolute Gasteiger partial charge is 0.508 e. The molecule has 0 bridgehead atoms. The summed E-state index contributed by atoms with van der Waals surface area (Å²) in [5, 5.41) is 10.00. The van der Waals surface area contributed by atoms with Crippen molar-refractivity contribution in [3.63, 3.8) is 0 Å². The molecule has 3 aromatic rings. The molecule has 3 rings (SSSR count). The summed E-state index contributed by atoms with van der Waals surface area (Å²) in [7, 11) is 0. The van der Waals surface area contributed by atoms with E-state index in [9.17, 15) is 9.90 Å². The summed E-state index contributed by atoms with van der Waals surface area (Å²) < 4.78 is 0. The molecule has 3 heteroatoms. The number of nitrogens with one attached hydrogen (secondary N) is 1. The van der Waals surface area contributed by atoms with Crippen LogP contribution in [0.25, 0.3) is 22.2 Å². The minimum absolute atomic E-state index is 0.000486. The summed E-state index contributed by atoms with van der Waals surface area (Å²) in [5.41, 5.74) is 3.53. The second-order valence-corrected chi connectivity index (χ2v) is 4.59. The Balaban J connectivity index is 2.29. The summed E-state index contributed by atoms with van der Waals surface area (Å²) >= 11 is 0. The molecule has 0 fully saturated rings. The molecule has 2 aromatic carbocycles. The van der Waals surface area contributed by atoms with Crippen LogP contribution >= 0.6 is 0 Å². The predicted octanol–water partition coefficient (Wildman–Crippen LogP) is 3.21. The SMILES string of the molecule is Cc1cccc2c(=O)cc(-c3ccc(O)cc3)[nH]c12. The number of fused-ring (bicyclic) bond motifs is 1.